The molecule has 1 aliphatic rings. The van der Waals surface area contributed by atoms with Gasteiger partial charge in [0.2, 0.25) is 5.89 Å². The van der Waals surface area contributed by atoms with Crippen molar-refractivity contribution in [2.45, 2.75) is 25.8 Å². The minimum atomic E-state index is -0.720. The Morgan fingerprint density at radius 3 is 2.54 bits per heavy atom. The lowest BCUT2D eigenvalue weighted by Crippen LogP contribution is -2.55. The number of nitrogens with zero attached hydrogens (tertiary/aromatic N) is 4. The van der Waals surface area contributed by atoms with Gasteiger partial charge in [-0.25, -0.2) is 9.37 Å². The number of halogens is 1. The number of ether oxygens (including phenoxy) is 2. The molecule has 0 amide bonds. The molecule has 5 aromatic rings. The summed E-state index contributed by atoms with van der Waals surface area (Å²) < 4.78 is 36.5. The highest BCUT2D eigenvalue weighted by Gasteiger charge is 2.29. The lowest BCUT2D eigenvalue weighted by molar-refractivity contribution is -0.0756. The molecule has 10 heteroatoms. The smallest absolute Gasteiger partial charge is 0.227 e. The average molecular weight is 559 g/mol. The van der Waals surface area contributed by atoms with Gasteiger partial charge in [0.1, 0.15) is 34.6 Å². The van der Waals surface area contributed by atoms with Crippen molar-refractivity contribution in [3.63, 3.8) is 0 Å². The zero-order valence-electron chi connectivity index (χ0n) is 22.9. The van der Waals surface area contributed by atoms with Crippen molar-refractivity contribution >= 4 is 11.1 Å². The summed E-state index contributed by atoms with van der Waals surface area (Å²) in [4.78, 5) is 8.98. The van der Waals surface area contributed by atoms with Crippen LogP contribution in [0, 0.1) is 5.82 Å². The second kappa shape index (κ2) is 11.7. The molecule has 212 valence electrons. The molecule has 9 nitrogen and oxygen atoms in total. The maximum absolute atomic E-state index is 13.3. The molecule has 0 saturated carbocycles. The molecule has 2 atom stereocenters. The predicted octanol–water partition coefficient (Wildman–Crippen LogP) is 5.20. The molecular formula is C31H31FN4O5. The normalized spacial score (nSPS) is 16.1. The highest BCUT2D eigenvalue weighted by atomic mass is 19.1. The summed E-state index contributed by atoms with van der Waals surface area (Å²) in [7, 11) is 1.64. The first-order valence-corrected chi connectivity index (χ1v) is 13.5. The van der Waals surface area contributed by atoms with E-state index in [-0.39, 0.29) is 5.82 Å². The Morgan fingerprint density at radius 2 is 1.78 bits per heavy atom. The standard InChI is InChI=1S/C31H31FN4O5/c1-20(37)31(39-23-11-12-29-27(17-23)33-30(40-29)21-7-9-22(32)10-8-21)36-15-13-35(14-16-36)19-24-18-26(34-41-24)25-5-3-4-6-28(25)38-2/h3-12,17-18,20,31,37H,13-16,19H2,1-2H3/t20-,31?/m0/s1. The van der Waals surface area contributed by atoms with E-state index in [1.54, 1.807) is 44.4 Å². The van der Waals surface area contributed by atoms with Gasteiger partial charge in [-0.05, 0) is 55.5 Å². The second-order valence-electron chi connectivity index (χ2n) is 10.1. The van der Waals surface area contributed by atoms with Gasteiger partial charge in [0.25, 0.3) is 0 Å². The van der Waals surface area contributed by atoms with Crippen LogP contribution < -0.4 is 9.47 Å². The number of hydrogen-bond donors (Lipinski definition) is 1. The molecule has 0 bridgehead atoms. The summed E-state index contributed by atoms with van der Waals surface area (Å²) in [6.07, 6.45) is -1.25. The quantitative estimate of drug-likeness (QED) is 0.262. The average Bonchev–Trinajstić information content (AvgIpc) is 3.63. The SMILES string of the molecule is COc1ccccc1-c1cc(CN2CCN(C(Oc3ccc4oc(-c5ccc(F)cc5)nc4c3)[C@H](C)O)CC2)on1. The summed E-state index contributed by atoms with van der Waals surface area (Å²) in [6.45, 7) is 5.34. The van der Waals surface area contributed by atoms with Gasteiger partial charge < -0.3 is 23.5 Å². The third-order valence-electron chi connectivity index (χ3n) is 7.21. The maximum Gasteiger partial charge on any atom is 0.227 e. The molecule has 1 saturated heterocycles. The molecule has 0 radical (unpaired) electrons. The van der Waals surface area contributed by atoms with Gasteiger partial charge in [-0.3, -0.25) is 9.80 Å². The summed E-state index contributed by atoms with van der Waals surface area (Å²) in [5.41, 5.74) is 3.54. The Labute approximate surface area is 236 Å². The molecule has 0 aliphatic carbocycles. The number of aliphatic hydroxyl groups is 1. The van der Waals surface area contributed by atoms with Crippen molar-refractivity contribution in [2.75, 3.05) is 33.3 Å². The van der Waals surface area contributed by atoms with Crippen LogP contribution in [0.25, 0.3) is 33.8 Å². The van der Waals surface area contributed by atoms with E-state index in [2.05, 4.69) is 19.9 Å². The molecule has 2 aromatic heterocycles. The molecule has 1 aliphatic heterocycles. The molecule has 0 spiro atoms. The topological polar surface area (TPSA) is 97.2 Å². The molecular weight excluding hydrogens is 527 g/mol. The van der Waals surface area contributed by atoms with Gasteiger partial charge in [-0.2, -0.15) is 0 Å². The molecule has 1 unspecified atom stereocenters. The lowest BCUT2D eigenvalue weighted by atomic mass is 10.1. The van der Waals surface area contributed by atoms with Crippen LogP contribution in [0.3, 0.4) is 0 Å². The number of rotatable bonds is 9. The van der Waals surface area contributed by atoms with E-state index in [0.717, 1.165) is 35.9 Å². The van der Waals surface area contributed by atoms with Crippen LogP contribution >= 0.6 is 0 Å². The van der Waals surface area contributed by atoms with Gasteiger partial charge in [-0.1, -0.05) is 17.3 Å². The van der Waals surface area contributed by atoms with Crippen molar-refractivity contribution in [3.05, 3.63) is 84.4 Å². The Morgan fingerprint density at radius 1 is 1.00 bits per heavy atom. The summed E-state index contributed by atoms with van der Waals surface area (Å²) in [5, 5.41) is 14.8. The van der Waals surface area contributed by atoms with E-state index in [4.69, 9.17) is 18.4 Å². The highest BCUT2D eigenvalue weighted by Crippen LogP contribution is 2.30. The number of aromatic nitrogens is 2. The van der Waals surface area contributed by atoms with Crippen LogP contribution in [0.2, 0.25) is 0 Å². The first kappa shape index (κ1) is 26.9. The van der Waals surface area contributed by atoms with E-state index in [0.29, 0.717) is 47.9 Å². The first-order chi connectivity index (χ1) is 20.0. The molecule has 1 N–H and O–H groups in total. The molecule has 3 heterocycles. The van der Waals surface area contributed by atoms with Crippen LogP contribution in [0.5, 0.6) is 11.5 Å². The summed E-state index contributed by atoms with van der Waals surface area (Å²) in [6, 6.07) is 21.1. The van der Waals surface area contributed by atoms with Crippen LogP contribution in [-0.2, 0) is 6.54 Å². The largest absolute Gasteiger partial charge is 0.496 e. The summed E-state index contributed by atoms with van der Waals surface area (Å²) in [5.74, 6) is 2.20. The molecule has 6 rings (SSSR count). The van der Waals surface area contributed by atoms with Gasteiger partial charge in [0.05, 0.1) is 13.7 Å². The maximum atomic E-state index is 13.3. The van der Waals surface area contributed by atoms with Crippen LogP contribution in [0.1, 0.15) is 12.7 Å². The molecule has 1 fully saturated rings. The van der Waals surface area contributed by atoms with E-state index in [9.17, 15) is 9.50 Å². The van der Waals surface area contributed by atoms with Gasteiger partial charge >= 0.3 is 0 Å². The van der Waals surface area contributed by atoms with Gasteiger partial charge in [-0.15, -0.1) is 0 Å². The fraction of sp³-hybridized carbons (Fsp3) is 0.290. The summed E-state index contributed by atoms with van der Waals surface area (Å²) >= 11 is 0. The van der Waals surface area contributed by atoms with Gasteiger partial charge in [0, 0.05) is 49.4 Å². The van der Waals surface area contributed by atoms with Crippen molar-refractivity contribution in [2.24, 2.45) is 0 Å². The monoisotopic (exact) mass is 558 g/mol. The zero-order valence-corrected chi connectivity index (χ0v) is 22.9. The van der Waals surface area contributed by atoms with Crippen molar-refractivity contribution in [1.82, 2.24) is 19.9 Å². The predicted molar refractivity (Wildman–Crippen MR) is 151 cm³/mol. The third kappa shape index (κ3) is 5.95. The zero-order chi connectivity index (χ0) is 28.3. The fourth-order valence-corrected chi connectivity index (χ4v) is 5.08. The van der Waals surface area contributed by atoms with E-state index in [1.165, 1.54) is 12.1 Å². The van der Waals surface area contributed by atoms with E-state index in [1.807, 2.05) is 30.3 Å². The van der Waals surface area contributed by atoms with Gasteiger partial charge in [0.15, 0.2) is 17.6 Å². The van der Waals surface area contributed by atoms with Crippen LogP contribution in [0.15, 0.2) is 81.7 Å². The Kier molecular flexibility index (Phi) is 7.69. The molecule has 3 aromatic carbocycles. The minimum Gasteiger partial charge on any atom is -0.496 e. The number of para-hydroxylation sites is 1. The van der Waals surface area contributed by atoms with E-state index >= 15 is 0 Å². The number of oxazole rings is 1. The number of hydrogen-bond acceptors (Lipinski definition) is 9. The second-order valence-corrected chi connectivity index (χ2v) is 10.1. The number of piperazine rings is 1. The number of fused-ring (bicyclic) bond motifs is 1. The van der Waals surface area contributed by atoms with E-state index < -0.39 is 12.3 Å². The molecule has 41 heavy (non-hydrogen) atoms. The van der Waals surface area contributed by atoms with Crippen molar-refractivity contribution < 1.29 is 27.9 Å². The van der Waals surface area contributed by atoms with Crippen molar-refractivity contribution in [1.29, 1.82) is 0 Å². The third-order valence-corrected chi connectivity index (χ3v) is 7.21. The Balaban J connectivity index is 1.08. The number of aliphatic hydroxyl groups excluding tert-OH is 1. The lowest BCUT2D eigenvalue weighted by Gasteiger charge is -2.39. The first-order valence-electron chi connectivity index (χ1n) is 13.5. The van der Waals surface area contributed by atoms with Crippen LogP contribution in [-0.4, -0.2) is 70.7 Å². The number of methoxy groups -OCH3 is 1. The Hall–Kier alpha value is -4.25. The number of benzene rings is 3. The van der Waals surface area contributed by atoms with Crippen LogP contribution in [0.4, 0.5) is 4.39 Å². The minimum absolute atomic E-state index is 0.318. The Bertz CT molecular complexity index is 1610. The highest BCUT2D eigenvalue weighted by molar-refractivity contribution is 5.77. The fourth-order valence-electron chi connectivity index (χ4n) is 5.08. The van der Waals surface area contributed by atoms with Crippen molar-refractivity contribution in [3.8, 4) is 34.2 Å².